The molecule has 11 heteroatoms. The lowest BCUT2D eigenvalue weighted by Gasteiger charge is -2.30. The van der Waals surface area contributed by atoms with Crippen LogP contribution in [0.2, 0.25) is 0 Å². The molecule has 204 valence electrons. The number of aldehydes is 1. The number of nitrogens with one attached hydrogen (secondary N) is 3. The van der Waals surface area contributed by atoms with E-state index in [9.17, 15) is 14.9 Å². The van der Waals surface area contributed by atoms with E-state index < -0.39 is 0 Å². The second-order valence-electron chi connectivity index (χ2n) is 9.62. The Kier molecular flexibility index (Phi) is 11.4. The lowest BCUT2D eigenvalue weighted by atomic mass is 9.97. The summed E-state index contributed by atoms with van der Waals surface area (Å²) in [6.07, 6.45) is 6.03. The number of pyridine rings is 2. The van der Waals surface area contributed by atoms with Gasteiger partial charge < -0.3 is 31.3 Å². The molecule has 1 saturated heterocycles. The van der Waals surface area contributed by atoms with Crippen molar-refractivity contribution in [1.29, 1.82) is 5.26 Å². The van der Waals surface area contributed by atoms with Gasteiger partial charge in [-0.3, -0.25) is 9.59 Å². The molecule has 0 aromatic carbocycles. The average Bonchev–Trinajstić information content (AvgIpc) is 2.93. The van der Waals surface area contributed by atoms with E-state index in [-0.39, 0.29) is 6.04 Å². The number of aromatic nitrogens is 2. The minimum absolute atomic E-state index is 0.0950. The van der Waals surface area contributed by atoms with Crippen LogP contribution in [0.3, 0.4) is 0 Å². The first kappa shape index (κ1) is 29.0. The standard InChI is InChI=1S/C27H38N8O3/c1-19-6-11-38-17-25(19)32-23-13-26(31-15-22(23)14-29)34-27-21(4-3-7-28)12-20(24(16-36)33-27)5-9-35(2)10-8-30-18-37/h12-13,15-16,18-19,25H,3-11,17,28H2,1-2H3,(H,30,37)(H2,31,32,33,34). The third-order valence-corrected chi connectivity index (χ3v) is 6.77. The molecule has 3 heterocycles. The highest BCUT2D eigenvalue weighted by molar-refractivity contribution is 5.77. The van der Waals surface area contributed by atoms with E-state index in [0.717, 1.165) is 36.9 Å². The van der Waals surface area contributed by atoms with Gasteiger partial charge in [0, 0.05) is 38.5 Å². The molecule has 3 rings (SSSR count). The van der Waals surface area contributed by atoms with Crippen LogP contribution in [0.15, 0.2) is 18.3 Å². The predicted octanol–water partition coefficient (Wildman–Crippen LogP) is 1.85. The number of nitrogens with zero attached hydrogens (tertiary/aromatic N) is 4. The first-order valence-corrected chi connectivity index (χ1v) is 13.0. The Balaban J connectivity index is 1.83. The molecular formula is C27H38N8O3. The number of likely N-dealkylation sites (N-methyl/N-ethyl adjacent to an activating group) is 1. The van der Waals surface area contributed by atoms with Crippen LogP contribution in [0.25, 0.3) is 0 Å². The van der Waals surface area contributed by atoms with Crippen molar-refractivity contribution in [2.45, 2.75) is 38.6 Å². The number of rotatable bonds is 15. The summed E-state index contributed by atoms with van der Waals surface area (Å²) in [6, 6.07) is 6.10. The maximum atomic E-state index is 12.0. The van der Waals surface area contributed by atoms with Gasteiger partial charge in [-0.2, -0.15) is 5.26 Å². The van der Waals surface area contributed by atoms with Gasteiger partial charge >= 0.3 is 0 Å². The van der Waals surface area contributed by atoms with E-state index in [2.05, 4.69) is 43.8 Å². The molecule has 0 saturated carbocycles. The number of hydrogen-bond acceptors (Lipinski definition) is 10. The van der Waals surface area contributed by atoms with Crippen LogP contribution in [0.1, 0.15) is 46.9 Å². The zero-order chi connectivity index (χ0) is 27.3. The SMILES string of the molecule is CC1CCOCC1Nc1cc(Nc2nc(C=O)c(CCN(C)CCNC=O)cc2CCCN)ncc1C#N. The summed E-state index contributed by atoms with van der Waals surface area (Å²) >= 11 is 0. The molecule has 2 aromatic heterocycles. The highest BCUT2D eigenvalue weighted by atomic mass is 16.5. The van der Waals surface area contributed by atoms with E-state index >= 15 is 0 Å². The second-order valence-corrected chi connectivity index (χ2v) is 9.62. The molecule has 38 heavy (non-hydrogen) atoms. The quantitative estimate of drug-likeness (QED) is 0.201. The molecule has 1 aliphatic rings. The van der Waals surface area contributed by atoms with Crippen molar-refractivity contribution < 1.29 is 14.3 Å². The van der Waals surface area contributed by atoms with Gasteiger partial charge in [-0.05, 0) is 62.4 Å². The fourth-order valence-corrected chi connectivity index (χ4v) is 4.33. The summed E-state index contributed by atoms with van der Waals surface area (Å²) in [4.78, 5) is 33.6. The summed E-state index contributed by atoms with van der Waals surface area (Å²) in [7, 11) is 1.97. The molecule has 0 aliphatic carbocycles. The minimum Gasteiger partial charge on any atom is -0.379 e. The van der Waals surface area contributed by atoms with Crippen molar-refractivity contribution in [3.63, 3.8) is 0 Å². The fraction of sp³-hybridized carbons (Fsp3) is 0.519. The number of amides is 1. The van der Waals surface area contributed by atoms with Crippen LogP contribution in [-0.2, 0) is 22.4 Å². The molecule has 0 spiro atoms. The maximum Gasteiger partial charge on any atom is 0.207 e. The van der Waals surface area contributed by atoms with Gasteiger partial charge in [-0.1, -0.05) is 6.92 Å². The van der Waals surface area contributed by atoms with Crippen molar-refractivity contribution in [1.82, 2.24) is 20.2 Å². The Morgan fingerprint density at radius 2 is 2.11 bits per heavy atom. The van der Waals surface area contributed by atoms with E-state index in [1.807, 2.05) is 13.1 Å². The number of nitrogens with two attached hydrogens (primary N) is 1. The molecule has 2 atom stereocenters. The van der Waals surface area contributed by atoms with Gasteiger partial charge in [-0.15, -0.1) is 0 Å². The van der Waals surface area contributed by atoms with E-state index in [1.165, 1.54) is 6.20 Å². The van der Waals surface area contributed by atoms with E-state index in [1.54, 1.807) is 6.07 Å². The normalized spacial score (nSPS) is 17.0. The highest BCUT2D eigenvalue weighted by Gasteiger charge is 2.23. The first-order valence-electron chi connectivity index (χ1n) is 13.0. The Morgan fingerprint density at radius 1 is 1.26 bits per heavy atom. The molecule has 1 amide bonds. The van der Waals surface area contributed by atoms with Crippen molar-refractivity contribution in [3.8, 4) is 6.07 Å². The van der Waals surface area contributed by atoms with Crippen LogP contribution >= 0.6 is 0 Å². The van der Waals surface area contributed by atoms with E-state index in [0.29, 0.717) is 86.5 Å². The number of anilines is 3. The Hall–Kier alpha value is -3.59. The summed E-state index contributed by atoms with van der Waals surface area (Å²) in [5.41, 5.74) is 9.07. The Bertz CT molecular complexity index is 1120. The largest absolute Gasteiger partial charge is 0.379 e. The third kappa shape index (κ3) is 8.21. The van der Waals surface area contributed by atoms with Crippen molar-refractivity contribution >= 4 is 30.0 Å². The topological polar surface area (TPSA) is 158 Å². The average molecular weight is 523 g/mol. The fourth-order valence-electron chi connectivity index (χ4n) is 4.33. The molecule has 1 aliphatic heterocycles. The van der Waals surface area contributed by atoms with Crippen LogP contribution < -0.4 is 21.7 Å². The lowest BCUT2D eigenvalue weighted by molar-refractivity contribution is -0.109. The minimum atomic E-state index is 0.0950. The Morgan fingerprint density at radius 3 is 2.82 bits per heavy atom. The number of carbonyl (C=O) groups is 2. The molecule has 5 N–H and O–H groups in total. The van der Waals surface area contributed by atoms with E-state index in [4.69, 9.17) is 10.5 Å². The smallest absolute Gasteiger partial charge is 0.207 e. The highest BCUT2D eigenvalue weighted by Crippen LogP contribution is 2.27. The number of carbonyl (C=O) groups excluding carboxylic acids is 2. The number of aryl methyl sites for hydroxylation is 1. The predicted molar refractivity (Wildman–Crippen MR) is 147 cm³/mol. The van der Waals surface area contributed by atoms with Crippen molar-refractivity contribution in [2.24, 2.45) is 11.7 Å². The summed E-state index contributed by atoms with van der Waals surface area (Å²) in [6.45, 7) is 5.99. The van der Waals surface area contributed by atoms with Gasteiger partial charge in [0.25, 0.3) is 0 Å². The Labute approximate surface area is 224 Å². The van der Waals surface area contributed by atoms with Crippen LogP contribution in [-0.4, -0.2) is 80.0 Å². The van der Waals surface area contributed by atoms with Gasteiger partial charge in [0.15, 0.2) is 6.29 Å². The molecule has 0 bridgehead atoms. The molecule has 2 unspecified atom stereocenters. The van der Waals surface area contributed by atoms with Crippen molar-refractivity contribution in [3.05, 3.63) is 40.7 Å². The maximum absolute atomic E-state index is 12.0. The first-order chi connectivity index (χ1) is 18.5. The van der Waals surface area contributed by atoms with Gasteiger partial charge in [0.1, 0.15) is 23.4 Å². The second kappa shape index (κ2) is 15.0. The molecule has 1 fully saturated rings. The summed E-state index contributed by atoms with van der Waals surface area (Å²) in [5.74, 6) is 1.47. The van der Waals surface area contributed by atoms with Crippen molar-refractivity contribution in [2.75, 3.05) is 57.1 Å². The zero-order valence-corrected chi connectivity index (χ0v) is 22.2. The number of ether oxygens (including phenoxy) is 1. The molecule has 11 nitrogen and oxygen atoms in total. The zero-order valence-electron chi connectivity index (χ0n) is 22.2. The van der Waals surface area contributed by atoms with Gasteiger partial charge in [-0.25, -0.2) is 9.97 Å². The number of hydrogen-bond donors (Lipinski definition) is 4. The lowest BCUT2D eigenvalue weighted by Crippen LogP contribution is -2.37. The summed E-state index contributed by atoms with van der Waals surface area (Å²) in [5, 5.41) is 19.0. The third-order valence-electron chi connectivity index (χ3n) is 6.77. The monoisotopic (exact) mass is 522 g/mol. The van der Waals surface area contributed by atoms with Crippen LogP contribution in [0, 0.1) is 17.2 Å². The van der Waals surface area contributed by atoms with Gasteiger partial charge in [0.2, 0.25) is 6.41 Å². The summed E-state index contributed by atoms with van der Waals surface area (Å²) < 4.78 is 5.62. The van der Waals surface area contributed by atoms with Crippen LogP contribution in [0.5, 0.6) is 0 Å². The number of nitriles is 1. The molecule has 0 radical (unpaired) electrons. The van der Waals surface area contributed by atoms with Gasteiger partial charge in [0.05, 0.1) is 23.9 Å². The molecule has 2 aromatic rings. The van der Waals surface area contributed by atoms with Crippen LogP contribution in [0.4, 0.5) is 17.3 Å². The molecular weight excluding hydrogens is 484 g/mol.